The van der Waals surface area contributed by atoms with E-state index in [1.54, 1.807) is 42.7 Å². The second kappa shape index (κ2) is 13.7. The molecular weight excluding hydrogens is 504 g/mol. The summed E-state index contributed by atoms with van der Waals surface area (Å²) in [4.78, 5) is 0. The summed E-state index contributed by atoms with van der Waals surface area (Å²) in [5.41, 5.74) is 7.78. The average molecular weight is 545 g/mol. The molecule has 0 aliphatic carbocycles. The Morgan fingerprint density at radius 2 is 0.950 bits per heavy atom. The summed E-state index contributed by atoms with van der Waals surface area (Å²) in [6.45, 7) is 10.9. The molecule has 0 aliphatic rings. The van der Waals surface area contributed by atoms with Crippen molar-refractivity contribution in [1.82, 2.24) is 0 Å². The summed E-state index contributed by atoms with van der Waals surface area (Å²) >= 11 is 0. The molecule has 212 valence electrons. The van der Waals surface area contributed by atoms with Crippen molar-refractivity contribution in [3.63, 3.8) is 0 Å². The van der Waals surface area contributed by atoms with Crippen molar-refractivity contribution in [3.8, 4) is 34.5 Å². The molecule has 0 heterocycles. The molecule has 0 bridgehead atoms. The first kappa shape index (κ1) is 30.2. The zero-order chi connectivity index (χ0) is 29.4. The number of ether oxygens (including phenoxy) is 6. The van der Waals surface area contributed by atoms with Crippen molar-refractivity contribution in [1.29, 1.82) is 0 Å². The first-order valence-electron chi connectivity index (χ1n) is 13.1. The number of hydrogen-bond donors (Lipinski definition) is 0. The number of methoxy groups -OCH3 is 6. The molecule has 0 radical (unpaired) electrons. The Balaban J connectivity index is 2.39. The molecule has 3 aromatic rings. The summed E-state index contributed by atoms with van der Waals surface area (Å²) in [6, 6.07) is 17.5. The van der Waals surface area contributed by atoms with Gasteiger partial charge in [0, 0.05) is 34.9 Å². The minimum absolute atomic E-state index is 0.680. The molecule has 3 rings (SSSR count). The number of allylic oxidation sites excluding steroid dienone is 5. The Hall–Kier alpha value is -4.32. The zero-order valence-corrected chi connectivity index (χ0v) is 25.1. The van der Waals surface area contributed by atoms with Crippen LogP contribution in [0.15, 0.2) is 72.3 Å². The quantitative estimate of drug-likeness (QED) is 0.215. The van der Waals surface area contributed by atoms with Gasteiger partial charge in [-0.15, -0.1) is 0 Å². The van der Waals surface area contributed by atoms with Crippen LogP contribution in [0.25, 0.3) is 16.7 Å². The number of rotatable bonds is 12. The van der Waals surface area contributed by atoms with Gasteiger partial charge in [-0.3, -0.25) is 0 Å². The van der Waals surface area contributed by atoms with Gasteiger partial charge < -0.3 is 28.4 Å². The van der Waals surface area contributed by atoms with Crippen LogP contribution in [0.2, 0.25) is 0 Å². The second-order valence-electron chi connectivity index (χ2n) is 9.13. The molecule has 6 heteroatoms. The van der Waals surface area contributed by atoms with Gasteiger partial charge in [0.25, 0.3) is 0 Å². The smallest absolute Gasteiger partial charge is 0.130 e. The van der Waals surface area contributed by atoms with E-state index >= 15 is 0 Å². The van der Waals surface area contributed by atoms with Crippen LogP contribution in [-0.4, -0.2) is 42.7 Å². The lowest BCUT2D eigenvalue weighted by molar-refractivity contribution is 0.393. The molecule has 0 saturated heterocycles. The average Bonchev–Trinajstić information content (AvgIpc) is 3.00. The minimum atomic E-state index is 0.680. The fourth-order valence-electron chi connectivity index (χ4n) is 4.95. The van der Waals surface area contributed by atoms with E-state index in [9.17, 15) is 0 Å². The molecule has 0 amide bonds. The van der Waals surface area contributed by atoms with Crippen molar-refractivity contribution in [2.75, 3.05) is 42.7 Å². The minimum Gasteiger partial charge on any atom is -0.497 e. The Morgan fingerprint density at radius 1 is 0.550 bits per heavy atom. The maximum atomic E-state index is 5.88. The van der Waals surface area contributed by atoms with Crippen molar-refractivity contribution in [2.24, 2.45) is 0 Å². The molecule has 0 aromatic heterocycles. The predicted octanol–water partition coefficient (Wildman–Crippen LogP) is 8.11. The SMILES string of the molecule is C=C(/C(C)=C(\C(C)=C(/CC)c1ccc(OC)cc1OC)c1ccc(OC)cc1OC)c1ccc(OC)cc1OC. The molecule has 0 spiro atoms. The summed E-state index contributed by atoms with van der Waals surface area (Å²) in [6.07, 6.45) is 0.766. The third kappa shape index (κ3) is 6.12. The van der Waals surface area contributed by atoms with Crippen LogP contribution in [0, 0.1) is 0 Å². The lowest BCUT2D eigenvalue weighted by atomic mass is 9.84. The molecule has 0 N–H and O–H groups in total. The number of hydrogen-bond acceptors (Lipinski definition) is 6. The highest BCUT2D eigenvalue weighted by Gasteiger charge is 2.22. The van der Waals surface area contributed by atoms with Gasteiger partial charge in [0.2, 0.25) is 0 Å². The van der Waals surface area contributed by atoms with E-state index in [-0.39, 0.29) is 0 Å². The molecule has 0 fully saturated rings. The van der Waals surface area contributed by atoms with E-state index in [4.69, 9.17) is 28.4 Å². The molecule has 0 atom stereocenters. The van der Waals surface area contributed by atoms with Crippen LogP contribution < -0.4 is 28.4 Å². The van der Waals surface area contributed by atoms with Crippen LogP contribution in [0.4, 0.5) is 0 Å². The van der Waals surface area contributed by atoms with Crippen molar-refractivity contribution >= 4 is 16.7 Å². The highest BCUT2D eigenvalue weighted by molar-refractivity contribution is 6.00. The van der Waals surface area contributed by atoms with E-state index in [1.807, 2.05) is 54.6 Å². The Morgan fingerprint density at radius 3 is 1.38 bits per heavy atom. The van der Waals surface area contributed by atoms with Crippen LogP contribution in [0.3, 0.4) is 0 Å². The van der Waals surface area contributed by atoms with Crippen molar-refractivity contribution in [2.45, 2.75) is 27.2 Å². The fourth-order valence-corrected chi connectivity index (χ4v) is 4.95. The van der Waals surface area contributed by atoms with Gasteiger partial charge in [-0.05, 0) is 84.5 Å². The van der Waals surface area contributed by atoms with E-state index < -0.39 is 0 Å². The van der Waals surface area contributed by atoms with Crippen LogP contribution in [0.1, 0.15) is 43.9 Å². The Labute approximate surface area is 238 Å². The lowest BCUT2D eigenvalue weighted by Gasteiger charge is -2.23. The maximum Gasteiger partial charge on any atom is 0.130 e. The Kier molecular flexibility index (Phi) is 10.3. The van der Waals surface area contributed by atoms with Gasteiger partial charge in [0.05, 0.1) is 42.7 Å². The third-order valence-corrected chi connectivity index (χ3v) is 7.15. The largest absolute Gasteiger partial charge is 0.497 e. The summed E-state index contributed by atoms with van der Waals surface area (Å²) in [5, 5.41) is 0. The molecule has 6 nitrogen and oxygen atoms in total. The van der Waals surface area contributed by atoms with Gasteiger partial charge in [0.1, 0.15) is 34.5 Å². The monoisotopic (exact) mass is 544 g/mol. The first-order chi connectivity index (χ1) is 19.3. The fraction of sp³-hybridized carbons (Fsp3) is 0.294. The van der Waals surface area contributed by atoms with Crippen LogP contribution in [0.5, 0.6) is 34.5 Å². The van der Waals surface area contributed by atoms with Gasteiger partial charge in [-0.25, -0.2) is 0 Å². The van der Waals surface area contributed by atoms with Gasteiger partial charge in [-0.1, -0.05) is 13.5 Å². The molecule has 0 unspecified atom stereocenters. The highest BCUT2D eigenvalue weighted by Crippen LogP contribution is 2.45. The topological polar surface area (TPSA) is 55.4 Å². The predicted molar refractivity (Wildman–Crippen MR) is 163 cm³/mol. The molecule has 3 aromatic carbocycles. The summed E-state index contributed by atoms with van der Waals surface area (Å²) < 4.78 is 33.7. The van der Waals surface area contributed by atoms with Crippen molar-refractivity contribution in [3.05, 3.63) is 89.0 Å². The summed E-state index contributed by atoms with van der Waals surface area (Å²) in [7, 11) is 9.91. The second-order valence-corrected chi connectivity index (χ2v) is 9.13. The maximum absolute atomic E-state index is 5.88. The molecule has 40 heavy (non-hydrogen) atoms. The van der Waals surface area contributed by atoms with E-state index in [0.717, 1.165) is 62.5 Å². The van der Waals surface area contributed by atoms with Gasteiger partial charge >= 0.3 is 0 Å². The van der Waals surface area contributed by atoms with E-state index in [1.165, 1.54) is 0 Å². The molecular formula is C34H40O6. The van der Waals surface area contributed by atoms with Crippen LogP contribution in [-0.2, 0) is 0 Å². The lowest BCUT2D eigenvalue weighted by Crippen LogP contribution is -2.02. The van der Waals surface area contributed by atoms with Crippen molar-refractivity contribution < 1.29 is 28.4 Å². The van der Waals surface area contributed by atoms with Crippen LogP contribution >= 0.6 is 0 Å². The zero-order valence-electron chi connectivity index (χ0n) is 25.1. The number of benzene rings is 3. The van der Waals surface area contributed by atoms with E-state index in [2.05, 4.69) is 27.4 Å². The molecule has 0 saturated carbocycles. The molecule has 0 aliphatic heterocycles. The normalized spacial score (nSPS) is 12.1. The van der Waals surface area contributed by atoms with Gasteiger partial charge in [0.15, 0.2) is 0 Å². The van der Waals surface area contributed by atoms with Gasteiger partial charge in [-0.2, -0.15) is 0 Å². The third-order valence-electron chi connectivity index (χ3n) is 7.15. The summed E-state index contributed by atoms with van der Waals surface area (Å²) in [5.74, 6) is 4.27. The Bertz CT molecular complexity index is 1430. The first-order valence-corrected chi connectivity index (χ1v) is 13.1. The van der Waals surface area contributed by atoms with E-state index in [0.29, 0.717) is 23.0 Å². The standard InChI is InChI=1S/C34H40O6/c1-11-27(29-16-13-25(36-6)19-32(29)39-9)23(4)34(30-17-14-26(37-7)20-33(30)40-10)22(3)21(2)28-15-12-24(35-5)18-31(28)38-8/h12-20H,2,11H2,1,3-10H3/b27-23+,34-22+. The highest BCUT2D eigenvalue weighted by atomic mass is 16.5.